The first kappa shape index (κ1) is 21.5. The summed E-state index contributed by atoms with van der Waals surface area (Å²) < 4.78 is 9.75. The van der Waals surface area contributed by atoms with Gasteiger partial charge in [-0.2, -0.15) is 0 Å². The van der Waals surface area contributed by atoms with E-state index in [9.17, 15) is 9.59 Å². The third kappa shape index (κ3) is 11.1. The van der Waals surface area contributed by atoms with Crippen LogP contribution in [-0.2, 0) is 20.9 Å². The molecule has 1 aromatic rings. The molecule has 26 heavy (non-hydrogen) atoms. The number of benzene rings is 1. The molecule has 0 atom stereocenters. The second kappa shape index (κ2) is 13.7. The van der Waals surface area contributed by atoms with Crippen molar-refractivity contribution in [2.24, 2.45) is 10.7 Å². The molecule has 1 aromatic carbocycles. The Morgan fingerprint density at radius 1 is 1.08 bits per heavy atom. The summed E-state index contributed by atoms with van der Waals surface area (Å²) in [5, 5.41) is 2.85. The van der Waals surface area contributed by atoms with Crippen LogP contribution in [0.15, 0.2) is 35.3 Å². The first-order valence-corrected chi connectivity index (χ1v) is 9.07. The first-order chi connectivity index (χ1) is 12.6. The van der Waals surface area contributed by atoms with E-state index in [1.807, 2.05) is 37.3 Å². The molecular weight excluding hydrogens is 334 g/mol. The highest BCUT2D eigenvalue weighted by atomic mass is 16.7. The van der Waals surface area contributed by atoms with Crippen molar-refractivity contribution >= 4 is 18.1 Å². The van der Waals surface area contributed by atoms with Crippen molar-refractivity contribution in [3.05, 3.63) is 35.9 Å². The number of nitrogens with zero attached hydrogens (tertiary/aromatic N) is 1. The van der Waals surface area contributed by atoms with Crippen LogP contribution in [0.5, 0.6) is 0 Å². The number of amides is 1. The van der Waals surface area contributed by atoms with Gasteiger partial charge in [-0.1, -0.05) is 56.5 Å². The Labute approximate surface area is 155 Å². The topological polar surface area (TPSA) is 103 Å². The second-order valence-corrected chi connectivity index (χ2v) is 5.82. The van der Waals surface area contributed by atoms with E-state index in [2.05, 4.69) is 10.3 Å². The molecule has 1 rings (SSSR count). The number of unbranched alkanes of at least 4 members (excludes halogenated alkanes) is 4. The molecule has 0 aliphatic heterocycles. The Bertz CT molecular complexity index is 561. The molecule has 0 aliphatic carbocycles. The number of rotatable bonds is 11. The van der Waals surface area contributed by atoms with E-state index in [-0.39, 0.29) is 18.5 Å². The third-order valence-corrected chi connectivity index (χ3v) is 3.63. The van der Waals surface area contributed by atoms with Crippen LogP contribution in [0, 0.1) is 0 Å². The van der Waals surface area contributed by atoms with Gasteiger partial charge in [0.25, 0.3) is 6.02 Å². The van der Waals surface area contributed by atoms with E-state index in [4.69, 9.17) is 15.2 Å². The maximum atomic E-state index is 11.5. The molecule has 0 saturated heterocycles. The quantitative estimate of drug-likeness (QED) is 0.272. The average Bonchev–Trinajstić information content (AvgIpc) is 2.65. The van der Waals surface area contributed by atoms with Gasteiger partial charge in [-0.15, -0.1) is 0 Å². The van der Waals surface area contributed by atoms with Crippen molar-refractivity contribution in [3.63, 3.8) is 0 Å². The van der Waals surface area contributed by atoms with Crippen molar-refractivity contribution in [3.8, 4) is 0 Å². The molecule has 0 saturated carbocycles. The number of hydrogen-bond donors (Lipinski definition) is 2. The maximum Gasteiger partial charge on any atom is 0.516 e. The lowest BCUT2D eigenvalue weighted by Gasteiger charge is -2.05. The molecule has 0 fully saturated rings. The summed E-state index contributed by atoms with van der Waals surface area (Å²) in [6, 6.07) is 9.13. The maximum absolute atomic E-state index is 11.5. The molecule has 0 heterocycles. The van der Waals surface area contributed by atoms with Gasteiger partial charge in [0.2, 0.25) is 5.91 Å². The number of carbonyl (C=O) groups is 2. The molecular formula is C19H29N3O4. The fourth-order valence-corrected chi connectivity index (χ4v) is 2.17. The van der Waals surface area contributed by atoms with Crippen LogP contribution in [0.1, 0.15) is 51.0 Å². The minimum absolute atomic E-state index is 0.0945. The lowest BCUT2D eigenvalue weighted by atomic mass is 10.1. The number of aliphatic imine (C=N–C) groups is 1. The number of hydrogen-bond acceptors (Lipinski definition) is 5. The molecule has 144 valence electrons. The zero-order chi connectivity index (χ0) is 19.0. The van der Waals surface area contributed by atoms with E-state index in [0.717, 1.165) is 44.2 Å². The van der Waals surface area contributed by atoms with Crippen molar-refractivity contribution in [1.29, 1.82) is 0 Å². The van der Waals surface area contributed by atoms with Gasteiger partial charge < -0.3 is 20.5 Å². The zero-order valence-electron chi connectivity index (χ0n) is 15.4. The van der Waals surface area contributed by atoms with Crippen LogP contribution in [0.25, 0.3) is 0 Å². The molecule has 0 radical (unpaired) electrons. The Morgan fingerprint density at radius 2 is 1.77 bits per heavy atom. The number of nitrogens with one attached hydrogen (secondary N) is 1. The van der Waals surface area contributed by atoms with Gasteiger partial charge in [-0.3, -0.25) is 4.79 Å². The normalized spacial score (nSPS) is 11.0. The third-order valence-electron chi connectivity index (χ3n) is 3.63. The Balaban J connectivity index is 2.01. The summed E-state index contributed by atoms with van der Waals surface area (Å²) in [6.07, 6.45) is 4.66. The molecule has 1 amide bonds. The zero-order valence-corrected chi connectivity index (χ0v) is 15.4. The van der Waals surface area contributed by atoms with Crippen LogP contribution in [0.3, 0.4) is 0 Å². The summed E-state index contributed by atoms with van der Waals surface area (Å²) in [5.41, 5.74) is 6.42. The Morgan fingerprint density at radius 3 is 2.50 bits per heavy atom. The molecule has 0 unspecified atom stereocenters. The fraction of sp³-hybridized carbons (Fsp3) is 0.526. The summed E-state index contributed by atoms with van der Waals surface area (Å²) in [5.74, 6) is 0.0945. The summed E-state index contributed by atoms with van der Waals surface area (Å²) in [7, 11) is 0. The van der Waals surface area contributed by atoms with Crippen LogP contribution in [-0.4, -0.2) is 31.2 Å². The monoisotopic (exact) mass is 363 g/mol. The van der Waals surface area contributed by atoms with Crippen LogP contribution < -0.4 is 11.1 Å². The Hall–Kier alpha value is -2.57. The van der Waals surface area contributed by atoms with Crippen molar-refractivity contribution in [2.45, 2.75) is 52.1 Å². The number of ether oxygens (including phenoxy) is 2. The SMILES string of the molecule is CCC(=O)NCCCCCCCN=C(N)OC(=O)OCc1ccccc1. The van der Waals surface area contributed by atoms with E-state index in [0.29, 0.717) is 13.0 Å². The van der Waals surface area contributed by atoms with Gasteiger partial charge >= 0.3 is 6.16 Å². The van der Waals surface area contributed by atoms with E-state index in [1.165, 1.54) is 0 Å². The highest BCUT2D eigenvalue weighted by Gasteiger charge is 2.07. The van der Waals surface area contributed by atoms with E-state index >= 15 is 0 Å². The minimum atomic E-state index is -0.857. The van der Waals surface area contributed by atoms with Gasteiger partial charge in [0.05, 0.1) is 0 Å². The van der Waals surface area contributed by atoms with Crippen molar-refractivity contribution < 1.29 is 19.1 Å². The summed E-state index contributed by atoms with van der Waals surface area (Å²) in [6.45, 7) is 3.21. The summed E-state index contributed by atoms with van der Waals surface area (Å²) in [4.78, 5) is 26.6. The first-order valence-electron chi connectivity index (χ1n) is 9.07. The van der Waals surface area contributed by atoms with Crippen LogP contribution in [0.4, 0.5) is 4.79 Å². The average molecular weight is 363 g/mol. The van der Waals surface area contributed by atoms with Gasteiger partial charge in [-0.05, 0) is 18.4 Å². The minimum Gasteiger partial charge on any atom is -0.429 e. The largest absolute Gasteiger partial charge is 0.516 e. The molecule has 3 N–H and O–H groups in total. The molecule has 7 heteroatoms. The lowest BCUT2D eigenvalue weighted by molar-refractivity contribution is -0.120. The predicted molar refractivity (Wildman–Crippen MR) is 101 cm³/mol. The van der Waals surface area contributed by atoms with Crippen LogP contribution in [0.2, 0.25) is 0 Å². The molecule has 0 aromatic heterocycles. The Kier molecular flexibility index (Phi) is 11.3. The highest BCUT2D eigenvalue weighted by Crippen LogP contribution is 2.03. The number of carbonyl (C=O) groups excluding carboxylic acids is 2. The molecule has 0 spiro atoms. The van der Waals surface area contributed by atoms with E-state index in [1.54, 1.807) is 0 Å². The molecule has 0 aliphatic rings. The van der Waals surface area contributed by atoms with Crippen molar-refractivity contribution in [2.75, 3.05) is 13.1 Å². The van der Waals surface area contributed by atoms with Gasteiger partial charge in [0, 0.05) is 19.5 Å². The highest BCUT2D eigenvalue weighted by molar-refractivity contribution is 5.82. The number of nitrogens with two attached hydrogens (primary N) is 1. The summed E-state index contributed by atoms with van der Waals surface area (Å²) >= 11 is 0. The predicted octanol–water partition coefficient (Wildman–Crippen LogP) is 3.13. The van der Waals surface area contributed by atoms with Gasteiger partial charge in [0.1, 0.15) is 6.61 Å². The number of amidine groups is 1. The molecule has 0 bridgehead atoms. The van der Waals surface area contributed by atoms with Gasteiger partial charge in [-0.25, -0.2) is 9.79 Å². The van der Waals surface area contributed by atoms with Crippen molar-refractivity contribution in [1.82, 2.24) is 5.32 Å². The second-order valence-electron chi connectivity index (χ2n) is 5.82. The standard InChI is InChI=1S/C19H29N3O4/c1-2-17(23)21-13-9-4-3-5-10-14-22-18(20)26-19(24)25-15-16-11-7-6-8-12-16/h6-8,11-12H,2-5,9-10,13-15H2,1H3,(H2,20,22)(H,21,23). The lowest BCUT2D eigenvalue weighted by Crippen LogP contribution is -2.23. The fourth-order valence-electron chi connectivity index (χ4n) is 2.17. The molecule has 7 nitrogen and oxygen atoms in total. The van der Waals surface area contributed by atoms with Gasteiger partial charge in [0.15, 0.2) is 0 Å². The van der Waals surface area contributed by atoms with Crippen LogP contribution >= 0.6 is 0 Å². The smallest absolute Gasteiger partial charge is 0.429 e. The van der Waals surface area contributed by atoms with E-state index < -0.39 is 6.16 Å².